The molecule has 122 valence electrons. The first-order chi connectivity index (χ1) is 11.2. The Morgan fingerprint density at radius 2 is 1.87 bits per heavy atom. The largest absolute Gasteiger partial charge is 0.337 e. The van der Waals surface area contributed by atoms with Crippen LogP contribution in [-0.2, 0) is 0 Å². The standard InChI is InChI=1S/C18H21BrN2OS/c1-2-20-10-3-11-21(13-12-20)18(22)17-9-8-16(23-17)14-4-6-15(19)7-5-14/h4-9H,2-3,10-13H2,1H3. The molecule has 0 radical (unpaired) electrons. The molecular weight excluding hydrogens is 372 g/mol. The van der Waals surface area contributed by atoms with E-state index in [4.69, 9.17) is 0 Å². The Labute approximate surface area is 150 Å². The van der Waals surface area contributed by atoms with E-state index in [1.54, 1.807) is 11.3 Å². The average molecular weight is 393 g/mol. The van der Waals surface area contributed by atoms with Crippen LogP contribution >= 0.6 is 27.3 Å². The Balaban J connectivity index is 1.72. The molecule has 5 heteroatoms. The average Bonchev–Trinajstić information content (AvgIpc) is 2.93. The van der Waals surface area contributed by atoms with Crippen molar-refractivity contribution < 1.29 is 4.79 Å². The van der Waals surface area contributed by atoms with Gasteiger partial charge in [0.25, 0.3) is 5.91 Å². The second-order valence-electron chi connectivity index (χ2n) is 5.75. The van der Waals surface area contributed by atoms with Crippen LogP contribution < -0.4 is 0 Å². The van der Waals surface area contributed by atoms with Crippen molar-refractivity contribution in [1.29, 1.82) is 0 Å². The van der Waals surface area contributed by atoms with Crippen LogP contribution in [0.4, 0.5) is 0 Å². The minimum atomic E-state index is 0.177. The quantitative estimate of drug-likeness (QED) is 0.774. The van der Waals surface area contributed by atoms with Gasteiger partial charge in [0.2, 0.25) is 0 Å². The van der Waals surface area contributed by atoms with Gasteiger partial charge in [0, 0.05) is 29.0 Å². The highest BCUT2D eigenvalue weighted by Gasteiger charge is 2.21. The van der Waals surface area contributed by atoms with Crippen molar-refractivity contribution in [2.24, 2.45) is 0 Å². The van der Waals surface area contributed by atoms with Gasteiger partial charge in [-0.2, -0.15) is 0 Å². The van der Waals surface area contributed by atoms with E-state index in [1.165, 1.54) is 0 Å². The van der Waals surface area contributed by atoms with Crippen LogP contribution in [0.15, 0.2) is 40.9 Å². The van der Waals surface area contributed by atoms with E-state index in [1.807, 2.05) is 23.1 Å². The molecule has 0 aliphatic carbocycles. The molecule has 1 aliphatic rings. The second kappa shape index (κ2) is 7.60. The summed E-state index contributed by atoms with van der Waals surface area (Å²) in [7, 11) is 0. The van der Waals surface area contributed by atoms with E-state index in [0.717, 1.165) is 58.9 Å². The molecule has 0 atom stereocenters. The Kier molecular flexibility index (Phi) is 5.51. The number of carbonyl (C=O) groups is 1. The predicted octanol–water partition coefficient (Wildman–Crippen LogP) is 4.35. The van der Waals surface area contributed by atoms with Crippen molar-refractivity contribution in [3.63, 3.8) is 0 Å². The fraction of sp³-hybridized carbons (Fsp3) is 0.389. The third kappa shape index (κ3) is 4.03. The molecule has 1 saturated heterocycles. The maximum Gasteiger partial charge on any atom is 0.263 e. The Morgan fingerprint density at radius 3 is 2.61 bits per heavy atom. The lowest BCUT2D eigenvalue weighted by atomic mass is 10.2. The number of halogens is 1. The second-order valence-corrected chi connectivity index (χ2v) is 7.75. The third-order valence-electron chi connectivity index (χ3n) is 4.27. The highest BCUT2D eigenvalue weighted by molar-refractivity contribution is 9.10. The number of rotatable bonds is 3. The molecule has 2 aromatic rings. The van der Waals surface area contributed by atoms with Crippen LogP contribution in [-0.4, -0.2) is 48.4 Å². The van der Waals surface area contributed by atoms with Crippen molar-refractivity contribution >= 4 is 33.2 Å². The molecule has 3 rings (SSSR count). The van der Waals surface area contributed by atoms with Crippen LogP contribution in [0.25, 0.3) is 10.4 Å². The summed E-state index contributed by atoms with van der Waals surface area (Å²) in [6, 6.07) is 12.2. The minimum absolute atomic E-state index is 0.177. The van der Waals surface area contributed by atoms with Gasteiger partial charge in [0.15, 0.2) is 0 Å². The fourth-order valence-electron chi connectivity index (χ4n) is 2.87. The van der Waals surface area contributed by atoms with Crippen LogP contribution in [0.1, 0.15) is 23.0 Å². The molecule has 1 amide bonds. The number of likely N-dealkylation sites (N-methyl/N-ethyl adjacent to an activating group) is 1. The normalized spacial score (nSPS) is 16.3. The lowest BCUT2D eigenvalue weighted by Crippen LogP contribution is -2.34. The molecule has 1 aliphatic heterocycles. The number of hydrogen-bond acceptors (Lipinski definition) is 3. The van der Waals surface area contributed by atoms with Gasteiger partial charge in [-0.05, 0) is 49.3 Å². The van der Waals surface area contributed by atoms with Gasteiger partial charge in [-0.25, -0.2) is 0 Å². The monoisotopic (exact) mass is 392 g/mol. The van der Waals surface area contributed by atoms with Gasteiger partial charge in [-0.3, -0.25) is 4.79 Å². The van der Waals surface area contributed by atoms with E-state index in [0.29, 0.717) is 0 Å². The summed E-state index contributed by atoms with van der Waals surface area (Å²) in [4.78, 5) is 19.2. The zero-order valence-corrected chi connectivity index (χ0v) is 15.7. The molecule has 0 spiro atoms. The SMILES string of the molecule is CCN1CCCN(C(=O)c2ccc(-c3ccc(Br)cc3)s2)CC1. The Morgan fingerprint density at radius 1 is 1.09 bits per heavy atom. The van der Waals surface area contributed by atoms with Crippen LogP contribution in [0.5, 0.6) is 0 Å². The number of thiophene rings is 1. The van der Waals surface area contributed by atoms with Crippen molar-refractivity contribution in [3.05, 3.63) is 45.7 Å². The molecule has 3 nitrogen and oxygen atoms in total. The van der Waals surface area contributed by atoms with Crippen LogP contribution in [0.2, 0.25) is 0 Å². The van der Waals surface area contributed by atoms with E-state index in [2.05, 4.69) is 46.0 Å². The summed E-state index contributed by atoms with van der Waals surface area (Å²) in [5, 5.41) is 0. The summed E-state index contributed by atoms with van der Waals surface area (Å²) < 4.78 is 1.07. The highest BCUT2D eigenvalue weighted by Crippen LogP contribution is 2.30. The number of nitrogens with zero attached hydrogens (tertiary/aromatic N) is 2. The van der Waals surface area contributed by atoms with Gasteiger partial charge in [0.1, 0.15) is 0 Å². The van der Waals surface area contributed by atoms with Crippen LogP contribution in [0.3, 0.4) is 0 Å². The highest BCUT2D eigenvalue weighted by atomic mass is 79.9. The molecule has 0 N–H and O–H groups in total. The summed E-state index contributed by atoms with van der Waals surface area (Å²) >= 11 is 5.04. The summed E-state index contributed by atoms with van der Waals surface area (Å²) in [6.45, 7) is 7.01. The third-order valence-corrected chi connectivity index (χ3v) is 5.92. The zero-order chi connectivity index (χ0) is 16.2. The lowest BCUT2D eigenvalue weighted by molar-refractivity contribution is 0.0766. The maximum absolute atomic E-state index is 12.8. The predicted molar refractivity (Wildman–Crippen MR) is 100 cm³/mol. The molecule has 0 unspecified atom stereocenters. The summed E-state index contributed by atoms with van der Waals surface area (Å²) in [5.74, 6) is 0.177. The van der Waals surface area contributed by atoms with Gasteiger partial charge in [0.05, 0.1) is 4.88 Å². The van der Waals surface area contributed by atoms with Gasteiger partial charge < -0.3 is 9.80 Å². The van der Waals surface area contributed by atoms with Crippen molar-refractivity contribution in [1.82, 2.24) is 9.80 Å². The summed E-state index contributed by atoms with van der Waals surface area (Å²) in [6.07, 6.45) is 1.06. The molecule has 1 aromatic carbocycles. The van der Waals surface area contributed by atoms with Gasteiger partial charge >= 0.3 is 0 Å². The first-order valence-electron chi connectivity index (χ1n) is 8.05. The van der Waals surface area contributed by atoms with Gasteiger partial charge in [-0.15, -0.1) is 11.3 Å². The molecule has 1 fully saturated rings. The molecule has 23 heavy (non-hydrogen) atoms. The van der Waals surface area contributed by atoms with Gasteiger partial charge in [-0.1, -0.05) is 35.0 Å². The van der Waals surface area contributed by atoms with E-state index >= 15 is 0 Å². The topological polar surface area (TPSA) is 23.6 Å². The number of benzene rings is 1. The number of amides is 1. The molecule has 1 aromatic heterocycles. The number of carbonyl (C=O) groups excluding carboxylic acids is 1. The van der Waals surface area contributed by atoms with Crippen molar-refractivity contribution in [3.8, 4) is 10.4 Å². The first-order valence-corrected chi connectivity index (χ1v) is 9.65. The van der Waals surface area contributed by atoms with E-state index in [9.17, 15) is 4.79 Å². The first kappa shape index (κ1) is 16.7. The lowest BCUT2D eigenvalue weighted by Gasteiger charge is -2.20. The van der Waals surface area contributed by atoms with E-state index in [-0.39, 0.29) is 5.91 Å². The minimum Gasteiger partial charge on any atom is -0.337 e. The van der Waals surface area contributed by atoms with Crippen molar-refractivity contribution in [2.45, 2.75) is 13.3 Å². The van der Waals surface area contributed by atoms with Crippen molar-refractivity contribution in [2.75, 3.05) is 32.7 Å². The molecule has 0 bridgehead atoms. The Hall–Kier alpha value is -1.17. The molecular formula is C18H21BrN2OS. The maximum atomic E-state index is 12.8. The Bertz CT molecular complexity index is 668. The molecule has 0 saturated carbocycles. The zero-order valence-electron chi connectivity index (χ0n) is 13.3. The van der Waals surface area contributed by atoms with E-state index < -0.39 is 0 Å². The smallest absolute Gasteiger partial charge is 0.263 e. The number of hydrogen-bond donors (Lipinski definition) is 0. The molecule has 2 heterocycles. The van der Waals surface area contributed by atoms with Crippen LogP contribution in [0, 0.1) is 0 Å². The fourth-order valence-corrected chi connectivity index (χ4v) is 4.11. The summed E-state index contributed by atoms with van der Waals surface area (Å²) in [5.41, 5.74) is 1.16.